The Morgan fingerprint density at radius 3 is 2.43 bits per heavy atom. The number of carbonyl (C=O) groups excluding carboxylic acids is 1. The summed E-state index contributed by atoms with van der Waals surface area (Å²) >= 11 is 0. The fraction of sp³-hybridized carbons (Fsp3) is 0.889. The van der Waals surface area contributed by atoms with Crippen LogP contribution >= 0.6 is 0 Å². The minimum absolute atomic E-state index is 0.0118. The SMILES string of the molecule is CC(C(=O)NC1CC(N)C1)C(C)(F)F. The van der Waals surface area contributed by atoms with Gasteiger partial charge >= 0.3 is 0 Å². The maximum atomic E-state index is 12.7. The number of nitrogens with two attached hydrogens (primary N) is 1. The van der Waals surface area contributed by atoms with Gasteiger partial charge in [-0.05, 0) is 19.8 Å². The lowest BCUT2D eigenvalue weighted by Gasteiger charge is -2.34. The second kappa shape index (κ2) is 3.81. The topological polar surface area (TPSA) is 55.1 Å². The fourth-order valence-corrected chi connectivity index (χ4v) is 1.34. The molecule has 1 amide bonds. The van der Waals surface area contributed by atoms with Crippen LogP contribution in [0.3, 0.4) is 0 Å². The van der Waals surface area contributed by atoms with Gasteiger partial charge in [-0.1, -0.05) is 0 Å². The Kier molecular flexibility index (Phi) is 3.09. The molecule has 1 unspecified atom stereocenters. The van der Waals surface area contributed by atoms with Gasteiger partial charge in [0.05, 0.1) is 5.92 Å². The van der Waals surface area contributed by atoms with Crippen molar-refractivity contribution in [3.8, 4) is 0 Å². The maximum absolute atomic E-state index is 12.7. The Morgan fingerprint density at radius 2 is 2.07 bits per heavy atom. The molecule has 1 atom stereocenters. The average molecular weight is 206 g/mol. The fourth-order valence-electron chi connectivity index (χ4n) is 1.34. The predicted molar refractivity (Wildman–Crippen MR) is 48.9 cm³/mol. The Labute approximate surface area is 82.0 Å². The number of halogens is 2. The van der Waals surface area contributed by atoms with E-state index >= 15 is 0 Å². The van der Waals surface area contributed by atoms with Gasteiger partial charge in [0.15, 0.2) is 0 Å². The lowest BCUT2D eigenvalue weighted by Crippen LogP contribution is -2.52. The lowest BCUT2D eigenvalue weighted by atomic mass is 9.87. The molecule has 1 aliphatic carbocycles. The summed E-state index contributed by atoms with van der Waals surface area (Å²) in [6.45, 7) is 1.98. The Bertz CT molecular complexity index is 221. The third-order valence-corrected chi connectivity index (χ3v) is 2.67. The normalized spacial score (nSPS) is 29.2. The largest absolute Gasteiger partial charge is 0.353 e. The highest BCUT2D eigenvalue weighted by Gasteiger charge is 2.38. The van der Waals surface area contributed by atoms with E-state index in [4.69, 9.17) is 5.73 Å². The minimum atomic E-state index is -2.96. The van der Waals surface area contributed by atoms with E-state index in [1.807, 2.05) is 0 Å². The van der Waals surface area contributed by atoms with Crippen LogP contribution in [-0.2, 0) is 4.79 Å². The molecule has 1 saturated carbocycles. The molecule has 1 rings (SSSR count). The third kappa shape index (κ3) is 2.64. The van der Waals surface area contributed by atoms with E-state index < -0.39 is 17.7 Å². The Balaban J connectivity index is 2.35. The first-order valence-corrected chi connectivity index (χ1v) is 4.74. The van der Waals surface area contributed by atoms with E-state index in [1.54, 1.807) is 0 Å². The Hall–Kier alpha value is -0.710. The van der Waals surface area contributed by atoms with E-state index in [1.165, 1.54) is 6.92 Å². The summed E-state index contributed by atoms with van der Waals surface area (Å²) in [7, 11) is 0. The van der Waals surface area contributed by atoms with Crippen molar-refractivity contribution in [2.45, 2.75) is 44.7 Å². The van der Waals surface area contributed by atoms with Crippen LogP contribution in [-0.4, -0.2) is 23.9 Å². The number of hydrogen-bond acceptors (Lipinski definition) is 2. The van der Waals surface area contributed by atoms with E-state index in [2.05, 4.69) is 5.32 Å². The van der Waals surface area contributed by atoms with E-state index in [0.717, 1.165) is 6.92 Å². The number of alkyl halides is 2. The van der Waals surface area contributed by atoms with Crippen LogP contribution in [0.15, 0.2) is 0 Å². The number of hydrogen-bond donors (Lipinski definition) is 2. The number of rotatable bonds is 3. The van der Waals surface area contributed by atoms with E-state index in [9.17, 15) is 13.6 Å². The third-order valence-electron chi connectivity index (χ3n) is 2.67. The first-order valence-electron chi connectivity index (χ1n) is 4.74. The molecule has 0 aromatic carbocycles. The smallest absolute Gasteiger partial charge is 0.256 e. The summed E-state index contributed by atoms with van der Waals surface area (Å²) in [5.41, 5.74) is 5.51. The van der Waals surface area contributed by atoms with Crippen LogP contribution < -0.4 is 11.1 Å². The van der Waals surface area contributed by atoms with Crippen molar-refractivity contribution in [1.29, 1.82) is 0 Å². The van der Waals surface area contributed by atoms with Gasteiger partial charge in [0, 0.05) is 19.0 Å². The summed E-state index contributed by atoms with van der Waals surface area (Å²) in [6.07, 6.45) is 1.38. The van der Waals surface area contributed by atoms with Crippen molar-refractivity contribution >= 4 is 5.91 Å². The van der Waals surface area contributed by atoms with Gasteiger partial charge in [-0.2, -0.15) is 0 Å². The summed E-state index contributed by atoms with van der Waals surface area (Å²) in [5.74, 6) is -4.83. The summed E-state index contributed by atoms with van der Waals surface area (Å²) < 4.78 is 25.5. The van der Waals surface area contributed by atoms with Gasteiger partial charge in [0.25, 0.3) is 5.92 Å². The van der Waals surface area contributed by atoms with Crippen molar-refractivity contribution < 1.29 is 13.6 Å². The molecular weight excluding hydrogens is 190 g/mol. The summed E-state index contributed by atoms with van der Waals surface area (Å²) in [5, 5.41) is 2.55. The average Bonchev–Trinajstić information content (AvgIpc) is 1.98. The monoisotopic (exact) mass is 206 g/mol. The van der Waals surface area contributed by atoms with Crippen LogP contribution in [0.4, 0.5) is 8.78 Å². The molecule has 0 radical (unpaired) electrons. The first-order chi connectivity index (χ1) is 6.30. The number of amides is 1. The van der Waals surface area contributed by atoms with Gasteiger partial charge in [-0.3, -0.25) is 4.79 Å². The standard InChI is InChI=1S/C9H16F2N2O/c1-5(9(2,10)11)8(14)13-7-3-6(12)4-7/h5-7H,3-4,12H2,1-2H3,(H,13,14). The van der Waals surface area contributed by atoms with Gasteiger partial charge in [-0.25, -0.2) is 8.78 Å². The highest BCUT2D eigenvalue weighted by Crippen LogP contribution is 2.25. The zero-order valence-electron chi connectivity index (χ0n) is 8.39. The van der Waals surface area contributed by atoms with Crippen molar-refractivity contribution in [2.24, 2.45) is 11.7 Å². The molecule has 82 valence electrons. The molecule has 1 fully saturated rings. The molecule has 0 saturated heterocycles. The van der Waals surface area contributed by atoms with Gasteiger partial charge in [0.1, 0.15) is 0 Å². The van der Waals surface area contributed by atoms with Crippen LogP contribution in [0.2, 0.25) is 0 Å². The summed E-state index contributed by atoms with van der Waals surface area (Å²) in [4.78, 5) is 11.3. The molecule has 0 aromatic rings. The van der Waals surface area contributed by atoms with Gasteiger partial charge in [0.2, 0.25) is 5.91 Å². The molecule has 3 nitrogen and oxygen atoms in total. The molecule has 0 spiro atoms. The first kappa shape index (κ1) is 11.4. The molecule has 14 heavy (non-hydrogen) atoms. The zero-order valence-corrected chi connectivity index (χ0v) is 8.39. The highest BCUT2D eigenvalue weighted by molar-refractivity contribution is 5.79. The maximum Gasteiger partial charge on any atom is 0.256 e. The molecule has 3 N–H and O–H groups in total. The van der Waals surface area contributed by atoms with Crippen LogP contribution in [0.1, 0.15) is 26.7 Å². The van der Waals surface area contributed by atoms with Gasteiger partial charge in [-0.15, -0.1) is 0 Å². The second-order valence-electron chi connectivity index (χ2n) is 4.11. The molecule has 0 bridgehead atoms. The van der Waals surface area contributed by atoms with Crippen LogP contribution in [0, 0.1) is 5.92 Å². The zero-order chi connectivity index (χ0) is 10.9. The molecule has 0 aliphatic heterocycles. The lowest BCUT2D eigenvalue weighted by molar-refractivity contribution is -0.137. The van der Waals surface area contributed by atoms with Crippen LogP contribution in [0.25, 0.3) is 0 Å². The Morgan fingerprint density at radius 1 is 1.57 bits per heavy atom. The minimum Gasteiger partial charge on any atom is -0.353 e. The van der Waals surface area contributed by atoms with Crippen molar-refractivity contribution in [2.75, 3.05) is 0 Å². The molecule has 0 aromatic heterocycles. The predicted octanol–water partition coefficient (Wildman–Crippen LogP) is 0.884. The molecule has 1 aliphatic rings. The van der Waals surface area contributed by atoms with Crippen molar-refractivity contribution in [3.63, 3.8) is 0 Å². The van der Waals surface area contributed by atoms with E-state index in [-0.39, 0.29) is 12.1 Å². The van der Waals surface area contributed by atoms with E-state index in [0.29, 0.717) is 12.8 Å². The molecule has 5 heteroatoms. The highest BCUT2D eigenvalue weighted by atomic mass is 19.3. The van der Waals surface area contributed by atoms with Gasteiger partial charge < -0.3 is 11.1 Å². The molecule has 0 heterocycles. The summed E-state index contributed by atoms with van der Waals surface area (Å²) in [6, 6.07) is 0.0973. The molecular formula is C9H16F2N2O. The number of carbonyl (C=O) groups is 1. The quantitative estimate of drug-likeness (QED) is 0.720. The van der Waals surface area contributed by atoms with Crippen molar-refractivity contribution in [1.82, 2.24) is 5.32 Å². The van der Waals surface area contributed by atoms with Crippen molar-refractivity contribution in [3.05, 3.63) is 0 Å². The second-order valence-corrected chi connectivity index (χ2v) is 4.11. The number of nitrogens with one attached hydrogen (secondary N) is 1. The van der Waals surface area contributed by atoms with Crippen LogP contribution in [0.5, 0.6) is 0 Å².